The summed E-state index contributed by atoms with van der Waals surface area (Å²) in [6, 6.07) is 9.55. The van der Waals surface area contributed by atoms with Crippen molar-refractivity contribution in [3.63, 3.8) is 0 Å². The second-order valence-corrected chi connectivity index (χ2v) is 8.65. The van der Waals surface area contributed by atoms with Crippen LogP contribution < -0.4 is 10.0 Å². The Kier molecular flexibility index (Phi) is 5.72. The fourth-order valence-electron chi connectivity index (χ4n) is 3.63. The van der Waals surface area contributed by atoms with E-state index in [2.05, 4.69) is 10.0 Å². The van der Waals surface area contributed by atoms with Gasteiger partial charge in [0.25, 0.3) is 0 Å². The van der Waals surface area contributed by atoms with Crippen LogP contribution in [0.4, 0.5) is 0 Å². The van der Waals surface area contributed by atoms with Gasteiger partial charge in [0.05, 0.1) is 4.90 Å². The summed E-state index contributed by atoms with van der Waals surface area (Å²) in [5, 5.41) is 3.72. The molecule has 0 spiro atoms. The highest BCUT2D eigenvalue weighted by Gasteiger charge is 2.35. The van der Waals surface area contributed by atoms with Crippen LogP contribution in [-0.4, -0.2) is 26.5 Å². The van der Waals surface area contributed by atoms with Crippen LogP contribution >= 0.6 is 0 Å². The van der Waals surface area contributed by atoms with Gasteiger partial charge in [-0.15, -0.1) is 0 Å². The fourth-order valence-corrected chi connectivity index (χ4v) is 4.97. The Balaban J connectivity index is 1.55. The number of sulfonamides is 1. The minimum Gasteiger partial charge on any atom is -0.310 e. The van der Waals surface area contributed by atoms with Gasteiger partial charge in [0.15, 0.2) is 0 Å². The summed E-state index contributed by atoms with van der Waals surface area (Å²) >= 11 is 0. The van der Waals surface area contributed by atoms with Crippen molar-refractivity contribution >= 4 is 10.0 Å². The van der Waals surface area contributed by atoms with Crippen LogP contribution in [0.15, 0.2) is 35.2 Å². The first kappa shape index (κ1) is 16.9. The van der Waals surface area contributed by atoms with Gasteiger partial charge in [-0.3, -0.25) is 0 Å². The highest BCUT2D eigenvalue weighted by Crippen LogP contribution is 2.25. The molecule has 1 aromatic carbocycles. The normalized spacial score (nSPS) is 27.0. The zero-order chi connectivity index (χ0) is 16.1. The van der Waals surface area contributed by atoms with Gasteiger partial charge in [0, 0.05) is 18.1 Å². The van der Waals surface area contributed by atoms with Gasteiger partial charge in [-0.05, 0) is 37.8 Å². The van der Waals surface area contributed by atoms with Gasteiger partial charge in [0.2, 0.25) is 10.0 Å². The van der Waals surface area contributed by atoms with E-state index in [9.17, 15) is 8.42 Å². The van der Waals surface area contributed by atoms with Crippen LogP contribution in [0.1, 0.15) is 57.8 Å². The summed E-state index contributed by atoms with van der Waals surface area (Å²) < 4.78 is 27.8. The summed E-state index contributed by atoms with van der Waals surface area (Å²) in [6.45, 7) is 0. The van der Waals surface area contributed by atoms with Gasteiger partial charge in [-0.1, -0.05) is 50.3 Å². The third-order valence-electron chi connectivity index (χ3n) is 5.19. The van der Waals surface area contributed by atoms with Crippen LogP contribution in [0.3, 0.4) is 0 Å². The quantitative estimate of drug-likeness (QED) is 0.868. The molecular formula is C18H28N2O2S. The van der Waals surface area contributed by atoms with E-state index in [1.165, 1.54) is 44.9 Å². The molecule has 4 nitrogen and oxygen atoms in total. The van der Waals surface area contributed by atoms with Gasteiger partial charge in [-0.25, -0.2) is 13.1 Å². The van der Waals surface area contributed by atoms with Crippen LogP contribution in [0.25, 0.3) is 0 Å². The number of hydrogen-bond donors (Lipinski definition) is 2. The van der Waals surface area contributed by atoms with Gasteiger partial charge in [0.1, 0.15) is 0 Å². The monoisotopic (exact) mass is 336 g/mol. The molecule has 2 atom stereocenters. The van der Waals surface area contributed by atoms with Gasteiger partial charge >= 0.3 is 0 Å². The molecule has 0 amide bonds. The highest BCUT2D eigenvalue weighted by atomic mass is 32.2. The highest BCUT2D eigenvalue weighted by molar-refractivity contribution is 7.89. The first-order valence-electron chi connectivity index (χ1n) is 8.98. The topological polar surface area (TPSA) is 58.2 Å². The average molecular weight is 337 g/mol. The SMILES string of the molecule is O=S(=O)(N[C@H]1CC[C@H]1NC1CCCCCCC1)c1ccccc1. The van der Waals surface area contributed by atoms with Crippen molar-refractivity contribution in [2.24, 2.45) is 0 Å². The predicted octanol–water partition coefficient (Wildman–Crippen LogP) is 3.20. The molecule has 0 saturated heterocycles. The molecule has 2 aliphatic rings. The molecule has 23 heavy (non-hydrogen) atoms. The minimum absolute atomic E-state index is 0.0330. The largest absolute Gasteiger partial charge is 0.310 e. The van der Waals surface area contributed by atoms with Crippen molar-refractivity contribution in [3.05, 3.63) is 30.3 Å². The minimum atomic E-state index is -3.40. The Morgan fingerprint density at radius 3 is 2.00 bits per heavy atom. The zero-order valence-corrected chi connectivity index (χ0v) is 14.5. The molecule has 2 fully saturated rings. The van der Waals surface area contributed by atoms with Crippen LogP contribution in [-0.2, 0) is 10.0 Å². The Labute approximate surface area is 140 Å². The molecule has 0 heterocycles. The Morgan fingerprint density at radius 1 is 0.783 bits per heavy atom. The lowest BCUT2D eigenvalue weighted by atomic mass is 9.85. The van der Waals surface area contributed by atoms with E-state index in [-0.39, 0.29) is 12.1 Å². The molecule has 3 rings (SSSR count). The summed E-state index contributed by atoms with van der Waals surface area (Å²) in [4.78, 5) is 0.358. The third kappa shape index (κ3) is 4.55. The third-order valence-corrected chi connectivity index (χ3v) is 6.70. The van der Waals surface area contributed by atoms with E-state index >= 15 is 0 Å². The Morgan fingerprint density at radius 2 is 1.39 bits per heavy atom. The second kappa shape index (κ2) is 7.77. The molecular weight excluding hydrogens is 308 g/mol. The van der Waals surface area contributed by atoms with Gasteiger partial charge in [-0.2, -0.15) is 0 Å². The lowest BCUT2D eigenvalue weighted by Gasteiger charge is -2.40. The second-order valence-electron chi connectivity index (χ2n) is 6.93. The van der Waals surface area contributed by atoms with Crippen molar-refractivity contribution in [3.8, 4) is 0 Å². The van der Waals surface area contributed by atoms with Gasteiger partial charge < -0.3 is 5.32 Å². The molecule has 0 radical (unpaired) electrons. The Hall–Kier alpha value is -0.910. The van der Waals surface area contributed by atoms with Crippen molar-refractivity contribution in [2.75, 3.05) is 0 Å². The summed E-state index contributed by atoms with van der Waals surface area (Å²) in [5.41, 5.74) is 0. The number of rotatable bonds is 5. The molecule has 0 aromatic heterocycles. The summed E-state index contributed by atoms with van der Waals surface area (Å²) in [7, 11) is -3.40. The van der Waals surface area contributed by atoms with Crippen LogP contribution in [0, 0.1) is 0 Å². The molecule has 2 aliphatic carbocycles. The summed E-state index contributed by atoms with van der Waals surface area (Å²) in [5.74, 6) is 0. The Bertz CT molecular complexity index is 580. The lowest BCUT2D eigenvalue weighted by molar-refractivity contribution is 0.227. The smallest absolute Gasteiger partial charge is 0.240 e. The first-order valence-corrected chi connectivity index (χ1v) is 10.5. The van der Waals surface area contributed by atoms with E-state index in [4.69, 9.17) is 0 Å². The van der Waals surface area contributed by atoms with E-state index < -0.39 is 10.0 Å². The fraction of sp³-hybridized carbons (Fsp3) is 0.667. The van der Waals surface area contributed by atoms with Crippen molar-refractivity contribution in [2.45, 2.75) is 80.8 Å². The van der Waals surface area contributed by atoms with Crippen molar-refractivity contribution < 1.29 is 8.42 Å². The predicted molar refractivity (Wildman–Crippen MR) is 92.8 cm³/mol. The number of benzene rings is 1. The van der Waals surface area contributed by atoms with Crippen LogP contribution in [0.5, 0.6) is 0 Å². The van der Waals surface area contributed by atoms with Crippen molar-refractivity contribution in [1.82, 2.24) is 10.0 Å². The summed E-state index contributed by atoms with van der Waals surface area (Å²) in [6.07, 6.45) is 11.1. The maximum atomic E-state index is 12.4. The lowest BCUT2D eigenvalue weighted by Crippen LogP contribution is -2.58. The van der Waals surface area contributed by atoms with Crippen LogP contribution in [0.2, 0.25) is 0 Å². The zero-order valence-electron chi connectivity index (χ0n) is 13.7. The van der Waals surface area contributed by atoms with E-state index in [1.54, 1.807) is 24.3 Å². The maximum Gasteiger partial charge on any atom is 0.240 e. The molecule has 5 heteroatoms. The van der Waals surface area contributed by atoms with Crippen molar-refractivity contribution in [1.29, 1.82) is 0 Å². The molecule has 0 bridgehead atoms. The standard InChI is InChI=1S/C18H28N2O2S/c21-23(22,16-11-7-4-8-12-16)20-18-14-13-17(18)19-15-9-5-2-1-3-6-10-15/h4,7-8,11-12,15,17-20H,1-3,5-6,9-10,13-14H2/t17-,18+/m1/s1. The molecule has 2 N–H and O–H groups in total. The number of nitrogens with one attached hydrogen (secondary N) is 2. The van der Waals surface area contributed by atoms with E-state index in [0.29, 0.717) is 10.9 Å². The molecule has 0 unspecified atom stereocenters. The van der Waals surface area contributed by atoms with E-state index in [0.717, 1.165) is 12.8 Å². The van der Waals surface area contributed by atoms with E-state index in [1.807, 2.05) is 6.07 Å². The molecule has 128 valence electrons. The maximum absolute atomic E-state index is 12.4. The molecule has 2 saturated carbocycles. The number of hydrogen-bond acceptors (Lipinski definition) is 3. The molecule has 0 aliphatic heterocycles. The molecule has 1 aromatic rings. The first-order chi connectivity index (χ1) is 11.1. The average Bonchev–Trinajstić information content (AvgIpc) is 2.51.